The first-order valence-electron chi connectivity index (χ1n) is 12.8. The highest BCUT2D eigenvalue weighted by Gasteiger charge is 2.31. The maximum atomic E-state index is 14.1. The van der Waals surface area contributed by atoms with E-state index in [1.165, 1.54) is 27.4 Å². The molecule has 0 aliphatic carbocycles. The van der Waals surface area contributed by atoms with Gasteiger partial charge in [-0.25, -0.2) is 9.59 Å². The number of carbonyl (C=O) groups excluding carboxylic acids is 3. The van der Waals surface area contributed by atoms with Crippen LogP contribution in [-0.2, 0) is 35.1 Å². The van der Waals surface area contributed by atoms with Gasteiger partial charge in [-0.3, -0.25) is 4.79 Å². The van der Waals surface area contributed by atoms with E-state index in [0.717, 1.165) is 5.56 Å². The predicted octanol–water partition coefficient (Wildman–Crippen LogP) is 4.18. The molecule has 40 heavy (non-hydrogen) atoms. The fourth-order valence-corrected chi connectivity index (χ4v) is 3.82. The van der Waals surface area contributed by atoms with Crippen molar-refractivity contribution in [3.05, 3.63) is 71.8 Å². The Morgan fingerprint density at radius 3 is 2.08 bits per heavy atom. The molecule has 2 rings (SSSR count). The van der Waals surface area contributed by atoms with E-state index in [-0.39, 0.29) is 19.5 Å². The van der Waals surface area contributed by atoms with Crippen molar-refractivity contribution < 1.29 is 38.1 Å². The topological polar surface area (TPSA) is 113 Å². The number of amides is 2. The monoisotopic (exact) mass is 556 g/mol. The highest BCUT2D eigenvalue weighted by atomic mass is 16.7. The van der Waals surface area contributed by atoms with Crippen LogP contribution in [0.4, 0.5) is 4.79 Å². The number of carbonyl (C=O) groups is 3. The molecule has 0 spiro atoms. The lowest BCUT2D eigenvalue weighted by Crippen LogP contribution is -2.51. The Morgan fingerprint density at radius 1 is 0.925 bits per heavy atom. The van der Waals surface area contributed by atoms with Gasteiger partial charge < -0.3 is 33.9 Å². The third-order valence-corrected chi connectivity index (χ3v) is 5.79. The maximum absolute atomic E-state index is 14.1. The Bertz CT molecular complexity index is 1120. The molecule has 0 aliphatic rings. The van der Waals surface area contributed by atoms with Gasteiger partial charge in [0.25, 0.3) is 0 Å². The highest BCUT2D eigenvalue weighted by Crippen LogP contribution is 2.25. The smallest absolute Gasteiger partial charge is 0.408 e. The van der Waals surface area contributed by atoms with Crippen LogP contribution in [-0.4, -0.2) is 75.8 Å². The molecule has 1 atom stereocenters. The van der Waals surface area contributed by atoms with E-state index in [0.29, 0.717) is 16.9 Å². The first-order chi connectivity index (χ1) is 19.0. The zero-order valence-corrected chi connectivity index (χ0v) is 24.3. The standard InChI is InChI=1S/C30H40N2O8/c1-30(2,3)40-29(35)31-25(17-23(18-26(33)37-5)22-13-15-24(36-4)16-14-22)28(34)32(20-27(38-6)39-7)19-21-11-9-8-10-12-21/h8-16,18,25,27H,17,19-20H2,1-7H3,(H,31,35)/b23-18+/t25-/m1/s1. The molecule has 0 fully saturated rings. The average Bonchev–Trinajstić information content (AvgIpc) is 2.93. The van der Waals surface area contributed by atoms with Crippen molar-refractivity contribution >= 4 is 23.5 Å². The molecule has 1 N–H and O–H groups in total. The lowest BCUT2D eigenvalue weighted by atomic mass is 9.97. The van der Waals surface area contributed by atoms with Crippen LogP contribution >= 0.6 is 0 Å². The van der Waals surface area contributed by atoms with Crippen molar-refractivity contribution in [2.45, 2.75) is 51.7 Å². The molecule has 0 heterocycles. The predicted molar refractivity (Wildman–Crippen MR) is 150 cm³/mol. The van der Waals surface area contributed by atoms with Gasteiger partial charge in [0, 0.05) is 33.3 Å². The molecule has 10 nitrogen and oxygen atoms in total. The van der Waals surface area contributed by atoms with E-state index in [1.807, 2.05) is 30.3 Å². The van der Waals surface area contributed by atoms with Crippen molar-refractivity contribution in [3.8, 4) is 5.75 Å². The van der Waals surface area contributed by atoms with Gasteiger partial charge in [-0.15, -0.1) is 0 Å². The minimum atomic E-state index is -1.11. The summed E-state index contributed by atoms with van der Waals surface area (Å²) in [7, 11) is 5.78. The second-order valence-corrected chi connectivity index (χ2v) is 9.93. The second kappa shape index (κ2) is 15.6. The van der Waals surface area contributed by atoms with Crippen LogP contribution < -0.4 is 10.1 Å². The van der Waals surface area contributed by atoms with E-state index >= 15 is 0 Å². The molecule has 0 bridgehead atoms. The fourth-order valence-electron chi connectivity index (χ4n) is 3.82. The van der Waals surface area contributed by atoms with Gasteiger partial charge in [-0.1, -0.05) is 42.5 Å². The molecule has 2 aromatic carbocycles. The van der Waals surface area contributed by atoms with Crippen molar-refractivity contribution in [1.82, 2.24) is 10.2 Å². The third-order valence-electron chi connectivity index (χ3n) is 5.79. The van der Waals surface area contributed by atoms with Gasteiger partial charge in [0.1, 0.15) is 17.4 Å². The number of alkyl carbamates (subject to hydrolysis) is 1. The molecule has 10 heteroatoms. The number of benzene rings is 2. The average molecular weight is 557 g/mol. The summed E-state index contributed by atoms with van der Waals surface area (Å²) in [6.07, 6.45) is -0.211. The molecule has 0 saturated carbocycles. The largest absolute Gasteiger partial charge is 0.497 e. The fraction of sp³-hybridized carbons (Fsp3) is 0.433. The van der Waals surface area contributed by atoms with Crippen LogP contribution in [0.5, 0.6) is 5.75 Å². The van der Waals surface area contributed by atoms with Crippen LogP contribution in [0.15, 0.2) is 60.7 Å². The Labute approximate surface area is 236 Å². The Kier molecular flexibility index (Phi) is 12.6. The summed E-state index contributed by atoms with van der Waals surface area (Å²) in [5.74, 6) is -0.396. The molecule has 0 radical (unpaired) electrons. The van der Waals surface area contributed by atoms with Crippen LogP contribution in [0.2, 0.25) is 0 Å². The zero-order valence-electron chi connectivity index (χ0n) is 24.3. The Hall–Kier alpha value is -3.89. The number of esters is 1. The maximum Gasteiger partial charge on any atom is 0.408 e. The number of hydrogen-bond donors (Lipinski definition) is 1. The molecule has 0 saturated heterocycles. The zero-order chi connectivity index (χ0) is 29.7. The van der Waals surface area contributed by atoms with Gasteiger partial charge in [0.05, 0.1) is 20.8 Å². The summed E-state index contributed by atoms with van der Waals surface area (Å²) in [6, 6.07) is 15.3. The van der Waals surface area contributed by atoms with Crippen LogP contribution in [0.1, 0.15) is 38.3 Å². The van der Waals surface area contributed by atoms with Crippen molar-refractivity contribution in [1.29, 1.82) is 0 Å². The molecule has 2 amide bonds. The van der Waals surface area contributed by atoms with Crippen LogP contribution in [0.25, 0.3) is 5.57 Å². The summed E-state index contributed by atoms with van der Waals surface area (Å²) in [5, 5.41) is 2.71. The van der Waals surface area contributed by atoms with Gasteiger partial charge in [-0.2, -0.15) is 0 Å². The number of nitrogens with zero attached hydrogens (tertiary/aromatic N) is 1. The van der Waals surface area contributed by atoms with Crippen LogP contribution in [0.3, 0.4) is 0 Å². The second-order valence-electron chi connectivity index (χ2n) is 9.93. The number of methoxy groups -OCH3 is 4. The van der Waals surface area contributed by atoms with E-state index in [1.54, 1.807) is 57.0 Å². The molecule has 0 aliphatic heterocycles. The highest BCUT2D eigenvalue weighted by molar-refractivity contribution is 5.94. The lowest BCUT2D eigenvalue weighted by Gasteiger charge is -2.31. The Balaban J connectivity index is 2.52. The first-order valence-corrected chi connectivity index (χ1v) is 12.8. The minimum Gasteiger partial charge on any atom is -0.497 e. The van der Waals surface area contributed by atoms with Gasteiger partial charge >= 0.3 is 12.1 Å². The van der Waals surface area contributed by atoms with E-state index in [9.17, 15) is 14.4 Å². The molecule has 218 valence electrons. The first kappa shape index (κ1) is 32.3. The number of nitrogens with one attached hydrogen (secondary N) is 1. The minimum absolute atomic E-state index is 0.0323. The van der Waals surface area contributed by atoms with Crippen molar-refractivity contribution in [2.24, 2.45) is 0 Å². The van der Waals surface area contributed by atoms with Gasteiger partial charge in [-0.05, 0) is 49.6 Å². The summed E-state index contributed by atoms with van der Waals surface area (Å²) < 4.78 is 26.3. The molecular weight excluding hydrogens is 516 g/mol. The number of hydrogen-bond acceptors (Lipinski definition) is 8. The molecular formula is C30H40N2O8. The third kappa shape index (κ3) is 10.7. The normalized spacial score (nSPS) is 12.4. The summed E-state index contributed by atoms with van der Waals surface area (Å²) >= 11 is 0. The molecule has 0 aromatic heterocycles. The van der Waals surface area contributed by atoms with E-state index in [2.05, 4.69) is 5.32 Å². The number of rotatable bonds is 13. The number of ether oxygens (including phenoxy) is 5. The van der Waals surface area contributed by atoms with Crippen molar-refractivity contribution in [2.75, 3.05) is 35.0 Å². The molecule has 0 unspecified atom stereocenters. The van der Waals surface area contributed by atoms with Gasteiger partial charge in [0.2, 0.25) is 5.91 Å². The summed E-state index contributed by atoms with van der Waals surface area (Å²) in [6.45, 7) is 5.51. The lowest BCUT2D eigenvalue weighted by molar-refractivity contribution is -0.148. The quantitative estimate of drug-likeness (QED) is 0.222. The van der Waals surface area contributed by atoms with E-state index < -0.39 is 35.9 Å². The molecule has 2 aromatic rings. The van der Waals surface area contributed by atoms with Crippen molar-refractivity contribution in [3.63, 3.8) is 0 Å². The summed E-state index contributed by atoms with van der Waals surface area (Å²) in [5.41, 5.74) is 1.20. The SMILES string of the molecule is COC(=O)/C=C(\C[C@@H](NC(=O)OC(C)(C)C)C(=O)N(Cc1ccccc1)CC(OC)OC)c1ccc(OC)cc1. The van der Waals surface area contributed by atoms with Crippen LogP contribution in [0, 0.1) is 0 Å². The summed E-state index contributed by atoms with van der Waals surface area (Å²) in [4.78, 5) is 40.9. The van der Waals surface area contributed by atoms with Gasteiger partial charge in [0.15, 0.2) is 6.29 Å². The Morgan fingerprint density at radius 2 is 1.55 bits per heavy atom. The van der Waals surface area contributed by atoms with E-state index in [4.69, 9.17) is 23.7 Å².